The predicted molar refractivity (Wildman–Crippen MR) is 117 cm³/mol. The molecule has 3 rings (SSSR count). The number of aryl methyl sites for hydroxylation is 3. The van der Waals surface area contributed by atoms with Gasteiger partial charge in [0.05, 0.1) is 10.6 Å². The molecule has 8 heteroatoms. The molecule has 2 aromatic carbocycles. The minimum absolute atomic E-state index is 0.0773. The molecule has 1 aromatic heterocycles. The number of sulfonamides is 1. The lowest BCUT2D eigenvalue weighted by Gasteiger charge is -2.13. The van der Waals surface area contributed by atoms with E-state index in [1.807, 2.05) is 31.4 Å². The highest BCUT2D eigenvalue weighted by Crippen LogP contribution is 2.29. The van der Waals surface area contributed by atoms with Crippen molar-refractivity contribution in [2.45, 2.75) is 25.7 Å². The second-order valence-electron chi connectivity index (χ2n) is 7.07. The van der Waals surface area contributed by atoms with Crippen molar-refractivity contribution in [3.63, 3.8) is 0 Å². The van der Waals surface area contributed by atoms with Gasteiger partial charge in [-0.15, -0.1) is 11.3 Å². The highest BCUT2D eigenvalue weighted by atomic mass is 32.2. The monoisotopic (exact) mass is 429 g/mol. The lowest BCUT2D eigenvalue weighted by atomic mass is 10.0. The van der Waals surface area contributed by atoms with E-state index in [4.69, 9.17) is 0 Å². The summed E-state index contributed by atoms with van der Waals surface area (Å²) in [5.41, 5.74) is 5.06. The predicted octanol–water partition coefficient (Wildman–Crippen LogP) is 4.24. The average Bonchev–Trinajstić information content (AvgIpc) is 3.11. The summed E-state index contributed by atoms with van der Waals surface area (Å²) < 4.78 is 25.9. The molecule has 0 radical (unpaired) electrons. The Morgan fingerprint density at radius 3 is 2.41 bits per heavy atom. The van der Waals surface area contributed by atoms with Gasteiger partial charge in [0.25, 0.3) is 5.91 Å². The van der Waals surface area contributed by atoms with Crippen molar-refractivity contribution in [3.8, 4) is 11.3 Å². The second-order valence-corrected chi connectivity index (χ2v) is 10.1. The Bertz CT molecular complexity index is 1180. The standard InChI is InChI=1S/C21H23N3O3S2/c1-13-6-7-14(2)17(10-13)19-12-28-21(22-19)23-20(25)18-11-16(9-8-15(18)3)29(26,27)24(4)5/h6-12H,1-5H3,(H,22,23,25). The molecule has 1 heterocycles. The number of nitrogens with zero attached hydrogens (tertiary/aromatic N) is 2. The van der Waals surface area contributed by atoms with Crippen molar-refractivity contribution in [1.82, 2.24) is 9.29 Å². The van der Waals surface area contributed by atoms with Crippen LogP contribution in [0.15, 0.2) is 46.7 Å². The molecular formula is C21H23N3O3S2. The number of amides is 1. The summed E-state index contributed by atoms with van der Waals surface area (Å²) in [6.07, 6.45) is 0. The molecule has 0 atom stereocenters. The van der Waals surface area contributed by atoms with Crippen LogP contribution >= 0.6 is 11.3 Å². The van der Waals surface area contributed by atoms with E-state index < -0.39 is 10.0 Å². The normalized spacial score (nSPS) is 11.7. The molecule has 3 aromatic rings. The van der Waals surface area contributed by atoms with E-state index in [1.54, 1.807) is 13.0 Å². The summed E-state index contributed by atoms with van der Waals surface area (Å²) in [6.45, 7) is 5.81. The van der Waals surface area contributed by atoms with Gasteiger partial charge in [0.15, 0.2) is 5.13 Å². The first-order valence-electron chi connectivity index (χ1n) is 8.97. The fourth-order valence-electron chi connectivity index (χ4n) is 2.85. The Morgan fingerprint density at radius 2 is 1.72 bits per heavy atom. The molecule has 0 unspecified atom stereocenters. The number of benzene rings is 2. The first-order valence-corrected chi connectivity index (χ1v) is 11.3. The SMILES string of the molecule is Cc1ccc(C)c(-c2csc(NC(=O)c3cc(S(=O)(=O)N(C)C)ccc3C)n2)c1. The van der Waals surface area contributed by atoms with E-state index in [1.165, 1.54) is 37.6 Å². The molecule has 0 saturated carbocycles. The third kappa shape index (κ3) is 4.39. The number of carbonyl (C=O) groups is 1. The highest BCUT2D eigenvalue weighted by Gasteiger charge is 2.21. The van der Waals surface area contributed by atoms with Crippen molar-refractivity contribution in [3.05, 3.63) is 64.0 Å². The summed E-state index contributed by atoms with van der Waals surface area (Å²) in [6, 6.07) is 10.7. The third-order valence-corrected chi connectivity index (χ3v) is 7.19. The van der Waals surface area contributed by atoms with Gasteiger partial charge in [-0.1, -0.05) is 23.8 Å². The Hall–Kier alpha value is -2.55. The van der Waals surface area contributed by atoms with Crippen molar-refractivity contribution in [1.29, 1.82) is 0 Å². The van der Waals surface area contributed by atoms with Crippen LogP contribution in [0.5, 0.6) is 0 Å². The number of hydrogen-bond acceptors (Lipinski definition) is 5. The third-order valence-electron chi connectivity index (χ3n) is 4.63. The second kappa shape index (κ2) is 8.06. The largest absolute Gasteiger partial charge is 0.298 e. The van der Waals surface area contributed by atoms with Crippen LogP contribution < -0.4 is 5.32 Å². The molecule has 0 aliphatic heterocycles. The summed E-state index contributed by atoms with van der Waals surface area (Å²) >= 11 is 1.33. The highest BCUT2D eigenvalue weighted by molar-refractivity contribution is 7.89. The van der Waals surface area contributed by atoms with Crippen LogP contribution in [0.4, 0.5) is 5.13 Å². The maximum absolute atomic E-state index is 12.8. The number of rotatable bonds is 5. The van der Waals surface area contributed by atoms with Crippen molar-refractivity contribution >= 4 is 32.4 Å². The van der Waals surface area contributed by atoms with E-state index in [-0.39, 0.29) is 10.8 Å². The summed E-state index contributed by atoms with van der Waals surface area (Å²) in [4.78, 5) is 17.4. The summed E-state index contributed by atoms with van der Waals surface area (Å²) in [5, 5.41) is 5.16. The van der Waals surface area contributed by atoms with Gasteiger partial charge < -0.3 is 0 Å². The first kappa shape index (κ1) is 21.2. The fraction of sp³-hybridized carbons (Fsp3) is 0.238. The summed E-state index contributed by atoms with van der Waals surface area (Å²) in [7, 11) is -0.708. The van der Waals surface area contributed by atoms with Crippen molar-refractivity contribution in [2.24, 2.45) is 0 Å². The van der Waals surface area contributed by atoms with Gasteiger partial charge in [-0.25, -0.2) is 17.7 Å². The van der Waals surface area contributed by atoms with E-state index in [2.05, 4.69) is 16.4 Å². The zero-order valence-corrected chi connectivity index (χ0v) is 18.6. The lowest BCUT2D eigenvalue weighted by Crippen LogP contribution is -2.23. The number of aromatic nitrogens is 1. The molecule has 0 saturated heterocycles. The lowest BCUT2D eigenvalue weighted by molar-refractivity contribution is 0.102. The van der Waals surface area contributed by atoms with Crippen molar-refractivity contribution < 1.29 is 13.2 Å². The minimum Gasteiger partial charge on any atom is -0.298 e. The average molecular weight is 430 g/mol. The fourth-order valence-corrected chi connectivity index (χ4v) is 4.48. The van der Waals surface area contributed by atoms with Crippen LogP contribution in [-0.2, 0) is 10.0 Å². The number of hydrogen-bond donors (Lipinski definition) is 1. The van der Waals surface area contributed by atoms with Crippen LogP contribution in [0.3, 0.4) is 0 Å². The van der Waals surface area contributed by atoms with Crippen LogP contribution in [0, 0.1) is 20.8 Å². The number of thiazole rings is 1. The van der Waals surface area contributed by atoms with Gasteiger partial charge in [-0.2, -0.15) is 0 Å². The van der Waals surface area contributed by atoms with Crippen LogP contribution in [0.2, 0.25) is 0 Å². The van der Waals surface area contributed by atoms with Gasteiger partial charge in [-0.05, 0) is 50.1 Å². The molecule has 0 fully saturated rings. The van der Waals surface area contributed by atoms with Crippen molar-refractivity contribution in [2.75, 3.05) is 19.4 Å². The first-order chi connectivity index (χ1) is 13.6. The molecule has 0 spiro atoms. The van der Waals surface area contributed by atoms with Gasteiger partial charge in [0.2, 0.25) is 10.0 Å². The van der Waals surface area contributed by atoms with Crippen LogP contribution in [0.25, 0.3) is 11.3 Å². The number of carbonyl (C=O) groups excluding carboxylic acids is 1. The van der Waals surface area contributed by atoms with Crippen LogP contribution in [-0.4, -0.2) is 37.7 Å². The van der Waals surface area contributed by atoms with E-state index in [0.717, 1.165) is 26.7 Å². The quantitative estimate of drug-likeness (QED) is 0.658. The topological polar surface area (TPSA) is 79.4 Å². The van der Waals surface area contributed by atoms with Crippen LogP contribution in [0.1, 0.15) is 27.0 Å². The number of anilines is 1. The Balaban J connectivity index is 1.88. The molecule has 1 N–H and O–H groups in total. The minimum atomic E-state index is -3.62. The van der Waals surface area contributed by atoms with Gasteiger partial charge in [0, 0.05) is 30.6 Å². The zero-order valence-electron chi connectivity index (χ0n) is 17.0. The van der Waals surface area contributed by atoms with E-state index in [9.17, 15) is 13.2 Å². The van der Waals surface area contributed by atoms with Gasteiger partial charge in [0.1, 0.15) is 0 Å². The summed E-state index contributed by atoms with van der Waals surface area (Å²) in [5.74, 6) is -0.389. The molecule has 0 aliphatic carbocycles. The zero-order chi connectivity index (χ0) is 21.3. The molecule has 6 nitrogen and oxygen atoms in total. The molecule has 0 bridgehead atoms. The molecule has 29 heavy (non-hydrogen) atoms. The maximum Gasteiger partial charge on any atom is 0.257 e. The van der Waals surface area contributed by atoms with E-state index in [0.29, 0.717) is 16.3 Å². The maximum atomic E-state index is 12.8. The molecular weight excluding hydrogens is 406 g/mol. The van der Waals surface area contributed by atoms with Gasteiger partial charge >= 0.3 is 0 Å². The Morgan fingerprint density at radius 1 is 1.03 bits per heavy atom. The molecule has 1 amide bonds. The Labute approximate surface area is 175 Å². The Kier molecular flexibility index (Phi) is 5.88. The molecule has 0 aliphatic rings. The number of nitrogens with one attached hydrogen (secondary N) is 1. The van der Waals surface area contributed by atoms with E-state index >= 15 is 0 Å². The smallest absolute Gasteiger partial charge is 0.257 e. The molecule has 152 valence electrons. The van der Waals surface area contributed by atoms with Gasteiger partial charge in [-0.3, -0.25) is 10.1 Å².